The van der Waals surface area contributed by atoms with Gasteiger partial charge in [-0.1, -0.05) is 58.0 Å². The van der Waals surface area contributed by atoms with Crippen LogP contribution in [0, 0.1) is 13.8 Å². The number of rotatable bonds is 11. The van der Waals surface area contributed by atoms with Gasteiger partial charge in [0.1, 0.15) is 18.5 Å². The largest absolute Gasteiger partial charge is 0.488 e. The van der Waals surface area contributed by atoms with Crippen molar-refractivity contribution in [2.75, 3.05) is 32.8 Å². The summed E-state index contributed by atoms with van der Waals surface area (Å²) in [4.78, 5) is 12.5. The first-order chi connectivity index (χ1) is 18.8. The van der Waals surface area contributed by atoms with E-state index in [4.69, 9.17) is 24.2 Å². The molecule has 1 aliphatic rings. The third-order valence-corrected chi connectivity index (χ3v) is 7.58. The summed E-state index contributed by atoms with van der Waals surface area (Å²) in [5.41, 5.74) is 7.80. The zero-order chi connectivity index (χ0) is 27.9. The maximum absolute atomic E-state index is 6.61. The lowest BCUT2D eigenvalue weighted by Crippen LogP contribution is -2.41. The van der Waals surface area contributed by atoms with Crippen LogP contribution in [0.3, 0.4) is 0 Å². The average molecular weight is 532 g/mol. The van der Waals surface area contributed by atoms with Gasteiger partial charge in [-0.05, 0) is 67.9 Å². The van der Waals surface area contributed by atoms with Crippen molar-refractivity contribution in [1.82, 2.24) is 14.9 Å². The number of aromatic nitrogens is 2. The molecule has 1 unspecified atom stereocenters. The Morgan fingerprint density at radius 2 is 1.64 bits per heavy atom. The Kier molecular flexibility index (Phi) is 9.98. The van der Waals surface area contributed by atoms with Crippen molar-refractivity contribution < 1.29 is 14.2 Å². The number of hydrogen-bond acceptors (Lipinski definition) is 6. The van der Waals surface area contributed by atoms with Gasteiger partial charge in [0.2, 0.25) is 5.88 Å². The molecule has 0 amide bonds. The van der Waals surface area contributed by atoms with Crippen LogP contribution >= 0.6 is 0 Å². The Bertz CT molecular complexity index is 1230. The van der Waals surface area contributed by atoms with Crippen LogP contribution in [0.1, 0.15) is 74.0 Å². The molecule has 1 atom stereocenters. The van der Waals surface area contributed by atoms with E-state index in [2.05, 4.69) is 82.8 Å². The highest BCUT2D eigenvalue weighted by atomic mass is 16.5. The lowest BCUT2D eigenvalue weighted by atomic mass is 9.96. The van der Waals surface area contributed by atoms with Crippen LogP contribution in [0.4, 0.5) is 0 Å². The fraction of sp³-hybridized carbons (Fsp3) is 0.515. The Morgan fingerprint density at radius 3 is 2.28 bits per heavy atom. The number of hydrogen-bond donors (Lipinski definition) is 0. The van der Waals surface area contributed by atoms with Crippen molar-refractivity contribution in [2.24, 2.45) is 0 Å². The molecule has 2 heterocycles. The smallest absolute Gasteiger partial charge is 0.224 e. The van der Waals surface area contributed by atoms with E-state index in [9.17, 15) is 0 Å². The average Bonchev–Trinajstić information content (AvgIpc) is 2.93. The first-order valence-electron chi connectivity index (χ1n) is 14.5. The highest BCUT2D eigenvalue weighted by molar-refractivity contribution is 5.66. The SMILES string of the molecule is CCc1cccc(CC)c1-c1nc(C)c(COc2cc(C(C)C)ccc2C)c(OC(C)CN2CCOCC2)n1. The molecule has 1 aliphatic heterocycles. The normalized spacial score (nSPS) is 15.0. The number of nitrogens with zero attached hydrogens (tertiary/aromatic N) is 3. The summed E-state index contributed by atoms with van der Waals surface area (Å²) in [6.45, 7) is 19.6. The monoisotopic (exact) mass is 531 g/mol. The molecule has 1 fully saturated rings. The molecule has 1 saturated heterocycles. The number of benzene rings is 2. The van der Waals surface area contributed by atoms with E-state index in [1.807, 2.05) is 6.92 Å². The second kappa shape index (κ2) is 13.4. The Morgan fingerprint density at radius 1 is 0.949 bits per heavy atom. The summed E-state index contributed by atoms with van der Waals surface area (Å²) in [6.07, 6.45) is 1.80. The predicted octanol–water partition coefficient (Wildman–Crippen LogP) is 6.69. The number of ether oxygens (including phenoxy) is 3. The van der Waals surface area contributed by atoms with E-state index in [0.717, 1.165) is 79.6 Å². The minimum absolute atomic E-state index is 0.0398. The summed E-state index contributed by atoms with van der Waals surface area (Å²) >= 11 is 0. The lowest BCUT2D eigenvalue weighted by Gasteiger charge is -2.29. The predicted molar refractivity (Wildman–Crippen MR) is 158 cm³/mol. The minimum atomic E-state index is -0.0398. The molecule has 210 valence electrons. The molecule has 2 aromatic carbocycles. The molecular weight excluding hydrogens is 486 g/mol. The highest BCUT2D eigenvalue weighted by Gasteiger charge is 2.22. The second-order valence-electron chi connectivity index (χ2n) is 10.9. The van der Waals surface area contributed by atoms with Gasteiger partial charge in [-0.15, -0.1) is 0 Å². The van der Waals surface area contributed by atoms with Crippen LogP contribution in [0.2, 0.25) is 0 Å². The lowest BCUT2D eigenvalue weighted by molar-refractivity contribution is 0.0210. The van der Waals surface area contributed by atoms with Crippen LogP contribution in [0.15, 0.2) is 36.4 Å². The highest BCUT2D eigenvalue weighted by Crippen LogP contribution is 2.32. The summed E-state index contributed by atoms with van der Waals surface area (Å²) in [6, 6.07) is 12.9. The molecule has 0 saturated carbocycles. The van der Waals surface area contributed by atoms with Gasteiger partial charge in [0.15, 0.2) is 5.82 Å². The molecule has 0 aliphatic carbocycles. The van der Waals surface area contributed by atoms with Crippen molar-refractivity contribution in [1.29, 1.82) is 0 Å². The quantitative estimate of drug-likeness (QED) is 0.275. The van der Waals surface area contributed by atoms with Gasteiger partial charge in [-0.2, -0.15) is 4.98 Å². The van der Waals surface area contributed by atoms with E-state index >= 15 is 0 Å². The molecule has 6 heteroatoms. The third kappa shape index (κ3) is 7.17. The summed E-state index contributed by atoms with van der Waals surface area (Å²) in [7, 11) is 0. The van der Waals surface area contributed by atoms with E-state index < -0.39 is 0 Å². The Balaban J connectivity index is 1.70. The number of morpholine rings is 1. The number of aryl methyl sites for hydroxylation is 4. The molecule has 4 rings (SSSR count). The molecule has 1 aromatic heterocycles. The summed E-state index contributed by atoms with van der Waals surface area (Å²) < 4.78 is 18.6. The fourth-order valence-corrected chi connectivity index (χ4v) is 5.13. The molecule has 0 bridgehead atoms. The first-order valence-corrected chi connectivity index (χ1v) is 14.5. The zero-order valence-electron chi connectivity index (χ0n) is 24.8. The van der Waals surface area contributed by atoms with Gasteiger partial charge < -0.3 is 14.2 Å². The standard InChI is InChI=1S/C33H45N3O3/c1-8-26-11-10-12-27(9-2)31(26)32-34-25(7)29(21-38-30-19-28(22(3)4)14-13-23(30)5)33(35-32)39-24(6)20-36-15-17-37-18-16-36/h10-14,19,22,24H,8-9,15-18,20-21H2,1-7H3. The minimum Gasteiger partial charge on any atom is -0.488 e. The van der Waals surface area contributed by atoms with E-state index in [-0.39, 0.29) is 6.10 Å². The summed E-state index contributed by atoms with van der Waals surface area (Å²) in [5.74, 6) is 2.67. The second-order valence-corrected chi connectivity index (χ2v) is 10.9. The molecule has 0 N–H and O–H groups in total. The maximum atomic E-state index is 6.61. The van der Waals surface area contributed by atoms with Crippen molar-refractivity contribution in [3.8, 4) is 23.0 Å². The van der Waals surface area contributed by atoms with Gasteiger partial charge in [0.25, 0.3) is 0 Å². The fourth-order valence-electron chi connectivity index (χ4n) is 5.13. The Labute approximate surface area is 234 Å². The molecule has 0 radical (unpaired) electrons. The molecule has 6 nitrogen and oxygen atoms in total. The molecule has 3 aromatic rings. The first kappa shape index (κ1) is 29.0. The Hall–Kier alpha value is -2.96. The van der Waals surface area contributed by atoms with Gasteiger partial charge in [0, 0.05) is 25.2 Å². The van der Waals surface area contributed by atoms with Gasteiger partial charge in [-0.25, -0.2) is 4.98 Å². The van der Waals surface area contributed by atoms with Crippen molar-refractivity contribution in [3.05, 3.63) is 69.9 Å². The zero-order valence-corrected chi connectivity index (χ0v) is 24.8. The molecule has 0 spiro atoms. The van der Waals surface area contributed by atoms with Crippen LogP contribution in [-0.4, -0.2) is 53.8 Å². The maximum Gasteiger partial charge on any atom is 0.224 e. The van der Waals surface area contributed by atoms with Gasteiger partial charge in [0.05, 0.1) is 24.5 Å². The van der Waals surface area contributed by atoms with Crippen molar-refractivity contribution >= 4 is 0 Å². The van der Waals surface area contributed by atoms with E-state index in [1.165, 1.54) is 16.7 Å². The topological polar surface area (TPSA) is 56.7 Å². The summed E-state index contributed by atoms with van der Waals surface area (Å²) in [5, 5.41) is 0. The third-order valence-electron chi connectivity index (χ3n) is 7.58. The molecule has 39 heavy (non-hydrogen) atoms. The van der Waals surface area contributed by atoms with E-state index in [0.29, 0.717) is 18.4 Å². The van der Waals surface area contributed by atoms with Crippen molar-refractivity contribution in [2.45, 2.75) is 79.9 Å². The van der Waals surface area contributed by atoms with Crippen molar-refractivity contribution in [3.63, 3.8) is 0 Å². The molecular formula is C33H45N3O3. The van der Waals surface area contributed by atoms with Gasteiger partial charge >= 0.3 is 0 Å². The van der Waals surface area contributed by atoms with Crippen LogP contribution < -0.4 is 9.47 Å². The van der Waals surface area contributed by atoms with E-state index in [1.54, 1.807) is 0 Å². The van der Waals surface area contributed by atoms with Crippen LogP contribution in [-0.2, 0) is 24.2 Å². The van der Waals surface area contributed by atoms with Crippen LogP contribution in [0.5, 0.6) is 11.6 Å². The van der Waals surface area contributed by atoms with Gasteiger partial charge in [-0.3, -0.25) is 4.90 Å². The van der Waals surface area contributed by atoms with Crippen LogP contribution in [0.25, 0.3) is 11.4 Å².